The predicted octanol–water partition coefficient (Wildman–Crippen LogP) is 2.65. The van der Waals surface area contributed by atoms with Gasteiger partial charge in [-0.3, -0.25) is 0 Å². The van der Waals surface area contributed by atoms with Gasteiger partial charge >= 0.3 is 0 Å². The molecule has 0 saturated carbocycles. The van der Waals surface area contributed by atoms with Gasteiger partial charge in [-0.05, 0) is 51.3 Å². The first-order valence-corrected chi connectivity index (χ1v) is 6.03. The Kier molecular flexibility index (Phi) is 4.33. The van der Waals surface area contributed by atoms with E-state index in [9.17, 15) is 4.39 Å². The summed E-state index contributed by atoms with van der Waals surface area (Å²) in [5.74, 6) is 0.255. The summed E-state index contributed by atoms with van der Waals surface area (Å²) in [6.07, 6.45) is 0. The number of halogens is 1. The van der Waals surface area contributed by atoms with E-state index >= 15 is 0 Å². The van der Waals surface area contributed by atoms with E-state index in [1.165, 1.54) is 0 Å². The lowest BCUT2D eigenvalue weighted by molar-refractivity contribution is 0.508. The van der Waals surface area contributed by atoms with Gasteiger partial charge in [-0.2, -0.15) is 0 Å². The second-order valence-corrected chi connectivity index (χ2v) is 5.62. The zero-order valence-corrected chi connectivity index (χ0v) is 11.8. The molecule has 1 rings (SSSR count). The molecule has 3 nitrogen and oxygen atoms in total. The van der Waals surface area contributed by atoms with Crippen LogP contribution in [0.25, 0.3) is 0 Å². The molecule has 1 aromatic carbocycles. The van der Waals surface area contributed by atoms with E-state index in [0.29, 0.717) is 23.6 Å². The van der Waals surface area contributed by atoms with Gasteiger partial charge in [-0.15, -0.1) is 0 Å². The molecule has 4 heteroatoms. The highest BCUT2D eigenvalue weighted by molar-refractivity contribution is 5.78. The summed E-state index contributed by atoms with van der Waals surface area (Å²) in [4.78, 5) is 4.25. The second kappa shape index (κ2) is 5.38. The summed E-state index contributed by atoms with van der Waals surface area (Å²) in [6.45, 7) is 10.0. The van der Waals surface area contributed by atoms with E-state index in [2.05, 4.69) is 10.3 Å². The Morgan fingerprint density at radius 1 is 1.28 bits per heavy atom. The van der Waals surface area contributed by atoms with Crippen LogP contribution in [0, 0.1) is 19.7 Å². The minimum atomic E-state index is -0.150. The minimum Gasteiger partial charge on any atom is -0.370 e. The average Bonchev–Trinajstić information content (AvgIpc) is 2.20. The molecule has 0 unspecified atom stereocenters. The number of hydrogen-bond acceptors (Lipinski definition) is 1. The van der Waals surface area contributed by atoms with E-state index < -0.39 is 0 Å². The molecule has 0 atom stereocenters. The molecule has 0 aromatic heterocycles. The summed E-state index contributed by atoms with van der Waals surface area (Å²) in [7, 11) is 0. The normalized spacial score (nSPS) is 12.7. The average molecular weight is 251 g/mol. The molecule has 0 amide bonds. The van der Waals surface area contributed by atoms with Crippen LogP contribution >= 0.6 is 0 Å². The summed E-state index contributed by atoms with van der Waals surface area (Å²) in [6, 6.07) is 3.60. The monoisotopic (exact) mass is 251 g/mol. The molecule has 0 radical (unpaired) electrons. The molecule has 18 heavy (non-hydrogen) atoms. The van der Waals surface area contributed by atoms with Gasteiger partial charge in [0.1, 0.15) is 5.82 Å². The van der Waals surface area contributed by atoms with Crippen molar-refractivity contribution in [1.82, 2.24) is 5.32 Å². The van der Waals surface area contributed by atoms with Crippen LogP contribution in [0.2, 0.25) is 0 Å². The summed E-state index contributed by atoms with van der Waals surface area (Å²) in [5.41, 5.74) is 7.92. The molecule has 1 aromatic rings. The van der Waals surface area contributed by atoms with E-state index in [4.69, 9.17) is 5.73 Å². The Hall–Kier alpha value is -1.58. The highest BCUT2D eigenvalue weighted by atomic mass is 19.1. The molecular formula is C14H22FN3. The summed E-state index contributed by atoms with van der Waals surface area (Å²) in [5, 5.41) is 3.08. The van der Waals surface area contributed by atoms with Crippen LogP contribution in [0.5, 0.6) is 0 Å². The molecule has 0 saturated heterocycles. The molecule has 3 N–H and O–H groups in total. The number of rotatable bonds is 2. The molecule has 0 heterocycles. The van der Waals surface area contributed by atoms with Gasteiger partial charge < -0.3 is 11.1 Å². The van der Waals surface area contributed by atoms with Crippen LogP contribution in [-0.4, -0.2) is 11.5 Å². The Morgan fingerprint density at radius 3 is 2.22 bits per heavy atom. The second-order valence-electron chi connectivity index (χ2n) is 5.62. The standard InChI is InChI=1S/C14H22FN3/c1-9-6-11(7-10(2)12(9)15)8-17-13(16)18-14(3,4)5/h6-7H,8H2,1-5H3,(H3,16,17,18). The van der Waals surface area contributed by atoms with Crippen molar-refractivity contribution in [3.8, 4) is 0 Å². The quantitative estimate of drug-likeness (QED) is 0.627. The first-order valence-electron chi connectivity index (χ1n) is 6.03. The van der Waals surface area contributed by atoms with Gasteiger partial charge in [0, 0.05) is 5.54 Å². The first kappa shape index (κ1) is 14.5. The van der Waals surface area contributed by atoms with E-state index in [-0.39, 0.29) is 11.4 Å². The molecular weight excluding hydrogens is 229 g/mol. The molecule has 0 aliphatic carbocycles. The number of hydrogen-bond donors (Lipinski definition) is 2. The Balaban J connectivity index is 2.77. The van der Waals surface area contributed by atoms with E-state index in [1.807, 2.05) is 20.8 Å². The molecule has 100 valence electrons. The fourth-order valence-corrected chi connectivity index (χ4v) is 1.73. The highest BCUT2D eigenvalue weighted by Gasteiger charge is 2.09. The zero-order chi connectivity index (χ0) is 13.9. The van der Waals surface area contributed by atoms with Gasteiger partial charge in [-0.1, -0.05) is 12.1 Å². The van der Waals surface area contributed by atoms with Crippen molar-refractivity contribution >= 4 is 5.96 Å². The fraction of sp³-hybridized carbons (Fsp3) is 0.500. The molecule has 0 fully saturated rings. The van der Waals surface area contributed by atoms with Crippen molar-refractivity contribution in [3.05, 3.63) is 34.6 Å². The van der Waals surface area contributed by atoms with E-state index in [0.717, 1.165) is 5.56 Å². The van der Waals surface area contributed by atoms with Gasteiger partial charge in [-0.25, -0.2) is 9.38 Å². The van der Waals surface area contributed by atoms with Crippen molar-refractivity contribution in [3.63, 3.8) is 0 Å². The van der Waals surface area contributed by atoms with Crippen LogP contribution in [-0.2, 0) is 6.54 Å². The SMILES string of the molecule is Cc1cc(CN=C(N)NC(C)(C)C)cc(C)c1F. The van der Waals surface area contributed by atoms with Crippen molar-refractivity contribution in [2.24, 2.45) is 10.7 Å². The van der Waals surface area contributed by atoms with Crippen LogP contribution < -0.4 is 11.1 Å². The number of benzene rings is 1. The van der Waals surface area contributed by atoms with Crippen molar-refractivity contribution in [2.45, 2.75) is 46.7 Å². The fourth-order valence-electron chi connectivity index (χ4n) is 1.73. The van der Waals surface area contributed by atoms with E-state index in [1.54, 1.807) is 26.0 Å². The first-order chi connectivity index (χ1) is 8.19. The summed E-state index contributed by atoms with van der Waals surface area (Å²) >= 11 is 0. The number of nitrogens with two attached hydrogens (primary N) is 1. The summed E-state index contributed by atoms with van der Waals surface area (Å²) < 4.78 is 13.5. The van der Waals surface area contributed by atoms with Gasteiger partial charge in [0.2, 0.25) is 0 Å². The topological polar surface area (TPSA) is 50.4 Å². The van der Waals surface area contributed by atoms with Gasteiger partial charge in [0.25, 0.3) is 0 Å². The smallest absolute Gasteiger partial charge is 0.189 e. The van der Waals surface area contributed by atoms with Crippen LogP contribution in [0.3, 0.4) is 0 Å². The third-order valence-electron chi connectivity index (χ3n) is 2.43. The molecule has 0 bridgehead atoms. The largest absolute Gasteiger partial charge is 0.370 e. The lowest BCUT2D eigenvalue weighted by Crippen LogP contribution is -2.44. The third kappa shape index (κ3) is 4.35. The number of nitrogens with zero attached hydrogens (tertiary/aromatic N) is 1. The zero-order valence-electron chi connectivity index (χ0n) is 11.8. The highest BCUT2D eigenvalue weighted by Crippen LogP contribution is 2.15. The van der Waals surface area contributed by atoms with Gasteiger partial charge in [0.15, 0.2) is 5.96 Å². The lowest BCUT2D eigenvalue weighted by atomic mass is 10.1. The lowest BCUT2D eigenvalue weighted by Gasteiger charge is -2.21. The number of guanidine groups is 1. The van der Waals surface area contributed by atoms with Gasteiger partial charge in [0.05, 0.1) is 6.54 Å². The maximum atomic E-state index is 13.5. The molecule has 0 aliphatic rings. The Morgan fingerprint density at radius 2 is 1.78 bits per heavy atom. The Bertz CT molecular complexity index is 436. The van der Waals surface area contributed by atoms with Crippen molar-refractivity contribution in [1.29, 1.82) is 0 Å². The number of aryl methyl sites for hydroxylation is 2. The maximum Gasteiger partial charge on any atom is 0.189 e. The molecule has 0 aliphatic heterocycles. The Labute approximate surface area is 108 Å². The van der Waals surface area contributed by atoms with Crippen molar-refractivity contribution < 1.29 is 4.39 Å². The van der Waals surface area contributed by atoms with Crippen LogP contribution in [0.1, 0.15) is 37.5 Å². The van der Waals surface area contributed by atoms with Crippen LogP contribution in [0.15, 0.2) is 17.1 Å². The number of nitrogens with one attached hydrogen (secondary N) is 1. The predicted molar refractivity (Wildman–Crippen MR) is 74.1 cm³/mol. The minimum absolute atomic E-state index is 0.109. The maximum absolute atomic E-state index is 13.5. The van der Waals surface area contributed by atoms with Crippen molar-refractivity contribution in [2.75, 3.05) is 0 Å². The molecule has 0 spiro atoms. The number of aliphatic imine (C=N–C) groups is 1. The third-order valence-corrected chi connectivity index (χ3v) is 2.43. The van der Waals surface area contributed by atoms with Crippen LogP contribution in [0.4, 0.5) is 4.39 Å².